The molecule has 0 aliphatic carbocycles. The van der Waals surface area contributed by atoms with E-state index >= 15 is 0 Å². The van der Waals surface area contributed by atoms with Crippen molar-refractivity contribution in [1.82, 2.24) is 24.6 Å². The molecule has 3 aromatic rings. The van der Waals surface area contributed by atoms with Crippen molar-refractivity contribution in [3.05, 3.63) is 56.6 Å². The van der Waals surface area contributed by atoms with E-state index in [1.165, 1.54) is 22.9 Å². The summed E-state index contributed by atoms with van der Waals surface area (Å²) in [6.07, 6.45) is 3.14. The van der Waals surface area contributed by atoms with Gasteiger partial charge in [0, 0.05) is 24.7 Å². The number of nitrogens with one attached hydrogen (secondary N) is 2. The molecule has 7 nitrogen and oxygen atoms in total. The van der Waals surface area contributed by atoms with E-state index in [0.717, 1.165) is 31.4 Å². The van der Waals surface area contributed by atoms with E-state index in [2.05, 4.69) is 15.4 Å². The summed E-state index contributed by atoms with van der Waals surface area (Å²) in [5.41, 5.74) is 0.358. The number of rotatable bonds is 2. The van der Waals surface area contributed by atoms with Crippen molar-refractivity contribution in [3.63, 3.8) is 0 Å². The van der Waals surface area contributed by atoms with Crippen LogP contribution in [0, 0.1) is 5.82 Å². The summed E-state index contributed by atoms with van der Waals surface area (Å²) in [4.78, 5) is 25.5. The molecular weight excluding hydrogens is 361 g/mol. The molecule has 0 radical (unpaired) electrons. The zero-order valence-electron chi connectivity index (χ0n) is 14.2. The van der Waals surface area contributed by atoms with Gasteiger partial charge in [0.1, 0.15) is 5.82 Å². The Labute approximate surface area is 154 Å². The Morgan fingerprint density at radius 3 is 2.65 bits per heavy atom. The number of piperidine rings is 1. The van der Waals surface area contributed by atoms with Crippen molar-refractivity contribution in [2.75, 3.05) is 13.1 Å². The molecular formula is C17H19ClFN5O2. The third-order valence-corrected chi connectivity index (χ3v) is 4.78. The topological polar surface area (TPSA) is 84.7 Å². The molecule has 1 aliphatic rings. The van der Waals surface area contributed by atoms with Crippen LogP contribution in [0.4, 0.5) is 4.39 Å². The van der Waals surface area contributed by atoms with Crippen molar-refractivity contribution >= 4 is 23.3 Å². The maximum absolute atomic E-state index is 14.8. The largest absolute Gasteiger partial charge is 0.334 e. The van der Waals surface area contributed by atoms with Crippen LogP contribution in [0.5, 0.6) is 0 Å². The molecule has 1 aromatic carbocycles. The van der Waals surface area contributed by atoms with Crippen molar-refractivity contribution in [2.24, 2.45) is 7.05 Å². The number of aromatic amines is 1. The highest BCUT2D eigenvalue weighted by Crippen LogP contribution is 2.32. The van der Waals surface area contributed by atoms with Gasteiger partial charge in [0.15, 0.2) is 5.82 Å². The SMILES string of the molecule is Cl.Cn1nc(-n2ccc(=O)[nH]c2=O)c2cc(F)c(C3CCNCC3)cc21. The van der Waals surface area contributed by atoms with Gasteiger partial charge >= 0.3 is 5.69 Å². The first-order chi connectivity index (χ1) is 12.0. The molecule has 0 unspecified atom stereocenters. The maximum Gasteiger partial charge on any atom is 0.334 e. The molecule has 3 heterocycles. The Hall–Kier alpha value is -2.45. The minimum absolute atomic E-state index is 0. The van der Waals surface area contributed by atoms with E-state index in [4.69, 9.17) is 0 Å². The summed E-state index contributed by atoms with van der Waals surface area (Å²) < 4.78 is 17.6. The molecule has 26 heavy (non-hydrogen) atoms. The van der Waals surface area contributed by atoms with E-state index in [1.54, 1.807) is 11.7 Å². The molecule has 0 spiro atoms. The van der Waals surface area contributed by atoms with Crippen molar-refractivity contribution < 1.29 is 4.39 Å². The lowest BCUT2D eigenvalue weighted by Crippen LogP contribution is -2.27. The predicted octanol–water partition coefficient (Wildman–Crippen LogP) is 1.44. The van der Waals surface area contributed by atoms with Crippen LogP contribution in [0.1, 0.15) is 24.3 Å². The number of aryl methyl sites for hydroxylation is 1. The third-order valence-electron chi connectivity index (χ3n) is 4.78. The van der Waals surface area contributed by atoms with Gasteiger partial charge in [-0.1, -0.05) is 0 Å². The number of halogens is 2. The number of H-pyrrole nitrogens is 1. The van der Waals surface area contributed by atoms with Gasteiger partial charge < -0.3 is 5.32 Å². The molecule has 1 saturated heterocycles. The third kappa shape index (κ3) is 3.06. The quantitative estimate of drug-likeness (QED) is 0.705. The molecule has 9 heteroatoms. The van der Waals surface area contributed by atoms with Crippen LogP contribution in [0.2, 0.25) is 0 Å². The van der Waals surface area contributed by atoms with Crippen molar-refractivity contribution in [1.29, 1.82) is 0 Å². The van der Waals surface area contributed by atoms with Crippen LogP contribution >= 0.6 is 12.4 Å². The molecule has 1 aliphatic heterocycles. The lowest BCUT2D eigenvalue weighted by molar-refractivity contribution is 0.445. The Bertz CT molecular complexity index is 1070. The first kappa shape index (κ1) is 18.3. The van der Waals surface area contributed by atoms with Gasteiger partial charge in [0.05, 0.1) is 5.52 Å². The lowest BCUT2D eigenvalue weighted by atomic mass is 9.89. The highest BCUT2D eigenvalue weighted by Gasteiger charge is 2.22. The van der Waals surface area contributed by atoms with Crippen LogP contribution < -0.4 is 16.6 Å². The van der Waals surface area contributed by atoms with Crippen LogP contribution in [-0.4, -0.2) is 32.4 Å². The first-order valence-electron chi connectivity index (χ1n) is 8.24. The second-order valence-electron chi connectivity index (χ2n) is 6.34. The molecule has 1 fully saturated rings. The normalized spacial score (nSPS) is 15.2. The fraction of sp³-hybridized carbons (Fsp3) is 0.353. The second kappa shape index (κ2) is 7.05. The molecule has 0 saturated carbocycles. The average molecular weight is 380 g/mol. The number of hydrogen-bond donors (Lipinski definition) is 2. The van der Waals surface area contributed by atoms with Gasteiger partial charge in [-0.05, 0) is 49.5 Å². The minimum Gasteiger partial charge on any atom is -0.317 e. The highest BCUT2D eigenvalue weighted by atomic mass is 35.5. The van der Waals surface area contributed by atoms with Gasteiger partial charge in [-0.15, -0.1) is 12.4 Å². The molecule has 4 rings (SSSR count). The smallest absolute Gasteiger partial charge is 0.317 e. The average Bonchev–Trinajstić information content (AvgIpc) is 2.91. The molecule has 2 aromatic heterocycles. The van der Waals surface area contributed by atoms with E-state index in [0.29, 0.717) is 16.8 Å². The number of hydrogen-bond acceptors (Lipinski definition) is 4. The maximum atomic E-state index is 14.8. The summed E-state index contributed by atoms with van der Waals surface area (Å²) in [6.45, 7) is 1.76. The number of fused-ring (bicyclic) bond motifs is 1. The number of aromatic nitrogens is 4. The van der Waals surface area contributed by atoms with E-state index in [-0.39, 0.29) is 24.1 Å². The monoisotopic (exact) mass is 379 g/mol. The van der Waals surface area contributed by atoms with Gasteiger partial charge in [-0.3, -0.25) is 19.0 Å². The van der Waals surface area contributed by atoms with E-state index in [9.17, 15) is 14.0 Å². The number of benzene rings is 1. The fourth-order valence-corrected chi connectivity index (χ4v) is 3.48. The molecule has 0 amide bonds. The van der Waals surface area contributed by atoms with E-state index < -0.39 is 11.2 Å². The van der Waals surface area contributed by atoms with Gasteiger partial charge in [-0.2, -0.15) is 5.10 Å². The van der Waals surface area contributed by atoms with Crippen molar-refractivity contribution in [3.8, 4) is 5.82 Å². The zero-order valence-corrected chi connectivity index (χ0v) is 15.0. The predicted molar refractivity (Wildman–Crippen MR) is 99.0 cm³/mol. The molecule has 138 valence electrons. The van der Waals surface area contributed by atoms with Gasteiger partial charge in [0.2, 0.25) is 0 Å². The zero-order chi connectivity index (χ0) is 17.6. The molecule has 0 atom stereocenters. The van der Waals surface area contributed by atoms with Crippen LogP contribution in [-0.2, 0) is 7.05 Å². The summed E-state index contributed by atoms with van der Waals surface area (Å²) in [7, 11) is 1.76. The summed E-state index contributed by atoms with van der Waals surface area (Å²) in [5, 5.41) is 8.17. The summed E-state index contributed by atoms with van der Waals surface area (Å²) in [5.74, 6) is 0.195. The van der Waals surface area contributed by atoms with Crippen molar-refractivity contribution in [2.45, 2.75) is 18.8 Å². The standard InChI is InChI=1S/C17H18FN5O2.ClH/c1-22-14-9-11(10-2-5-19-6-3-10)13(18)8-12(14)16(21-22)23-7-4-15(24)20-17(23)25;/h4,7-10,19H,2-3,5-6H2,1H3,(H,20,24,25);1H. The van der Waals surface area contributed by atoms with Crippen LogP contribution in [0.3, 0.4) is 0 Å². The summed E-state index contributed by atoms with van der Waals surface area (Å²) in [6, 6.07) is 4.50. The van der Waals surface area contributed by atoms with Crippen LogP contribution in [0.15, 0.2) is 34.0 Å². The minimum atomic E-state index is -0.602. The van der Waals surface area contributed by atoms with Gasteiger partial charge in [-0.25, -0.2) is 9.18 Å². The Morgan fingerprint density at radius 2 is 1.96 bits per heavy atom. The highest BCUT2D eigenvalue weighted by molar-refractivity contribution is 5.87. The lowest BCUT2D eigenvalue weighted by Gasteiger charge is -2.23. The fourth-order valence-electron chi connectivity index (χ4n) is 3.48. The Balaban J connectivity index is 0.00000196. The molecule has 0 bridgehead atoms. The first-order valence-corrected chi connectivity index (χ1v) is 8.24. The second-order valence-corrected chi connectivity index (χ2v) is 6.34. The number of nitrogens with zero attached hydrogens (tertiary/aromatic N) is 3. The summed E-state index contributed by atoms with van der Waals surface area (Å²) >= 11 is 0. The Kier molecular flexibility index (Phi) is 4.97. The Morgan fingerprint density at radius 1 is 1.23 bits per heavy atom. The van der Waals surface area contributed by atoms with Crippen LogP contribution in [0.25, 0.3) is 16.7 Å². The van der Waals surface area contributed by atoms with E-state index in [1.807, 2.05) is 6.07 Å². The van der Waals surface area contributed by atoms with Gasteiger partial charge in [0.25, 0.3) is 5.56 Å². The molecule has 2 N–H and O–H groups in total.